The summed E-state index contributed by atoms with van der Waals surface area (Å²) in [6.07, 6.45) is 2.90. The molecule has 0 bridgehead atoms. The molecule has 2 rings (SSSR count). The highest BCUT2D eigenvalue weighted by Crippen LogP contribution is 2.29. The lowest BCUT2D eigenvalue weighted by Crippen LogP contribution is -2.42. The van der Waals surface area contributed by atoms with Crippen molar-refractivity contribution in [3.8, 4) is 0 Å². The molecule has 0 unspecified atom stereocenters. The Morgan fingerprint density at radius 3 is 2.72 bits per heavy atom. The first-order valence-corrected chi connectivity index (χ1v) is 10.3. The molecule has 1 heterocycles. The van der Waals surface area contributed by atoms with Crippen molar-refractivity contribution in [2.24, 2.45) is 4.99 Å². The van der Waals surface area contributed by atoms with Gasteiger partial charge in [0.2, 0.25) is 10.0 Å². The number of hydrogen-bond acceptors (Lipinski definition) is 3. The van der Waals surface area contributed by atoms with Gasteiger partial charge in [-0.25, -0.2) is 8.42 Å². The molecule has 0 saturated carbocycles. The number of sulfonamides is 1. The van der Waals surface area contributed by atoms with E-state index in [2.05, 4.69) is 22.5 Å². The second-order valence-corrected chi connectivity index (χ2v) is 7.82. The van der Waals surface area contributed by atoms with Crippen molar-refractivity contribution >= 4 is 45.6 Å². The summed E-state index contributed by atoms with van der Waals surface area (Å²) < 4.78 is 26.8. The standard InChI is InChI=1S/C17H28N4O2S.HI/c1-3-5-11-19-17(18-4-2)20-12-14-24(22,23)21-13-10-15-8-6-7-9-16(15)21;/h6-9H,3-5,10-14H2,1-2H3,(H2,18,19,20);1H. The number of rotatable bonds is 8. The number of nitrogens with zero attached hydrogens (tertiary/aromatic N) is 2. The van der Waals surface area contributed by atoms with Crippen LogP contribution in [0.4, 0.5) is 5.69 Å². The molecule has 0 aromatic heterocycles. The van der Waals surface area contributed by atoms with Crippen LogP contribution in [0.3, 0.4) is 0 Å². The number of unbranched alkanes of at least 4 members (excludes halogenated alkanes) is 1. The first kappa shape index (κ1) is 22.0. The highest BCUT2D eigenvalue weighted by molar-refractivity contribution is 14.0. The van der Waals surface area contributed by atoms with Gasteiger partial charge in [-0.15, -0.1) is 24.0 Å². The highest BCUT2D eigenvalue weighted by Gasteiger charge is 2.28. The van der Waals surface area contributed by atoms with E-state index in [4.69, 9.17) is 0 Å². The van der Waals surface area contributed by atoms with Gasteiger partial charge in [0.25, 0.3) is 0 Å². The average molecular weight is 480 g/mol. The molecular formula is C17H29IN4O2S. The Kier molecular flexibility index (Phi) is 9.55. The Balaban J connectivity index is 0.00000312. The number of fused-ring (bicyclic) bond motifs is 1. The summed E-state index contributed by atoms with van der Waals surface area (Å²) in [4.78, 5) is 4.44. The molecule has 0 atom stereocenters. The Bertz CT molecular complexity index is 664. The quantitative estimate of drug-likeness (QED) is 0.259. The molecule has 142 valence electrons. The van der Waals surface area contributed by atoms with Gasteiger partial charge in [0.1, 0.15) is 0 Å². The number of halogens is 1. The molecule has 1 aromatic carbocycles. The summed E-state index contributed by atoms with van der Waals surface area (Å²) in [5, 5.41) is 6.26. The van der Waals surface area contributed by atoms with Crippen molar-refractivity contribution in [2.45, 2.75) is 33.1 Å². The molecule has 0 radical (unpaired) electrons. The molecule has 0 amide bonds. The fourth-order valence-corrected chi connectivity index (χ4v) is 4.12. The van der Waals surface area contributed by atoms with E-state index in [1.165, 1.54) is 4.31 Å². The third-order valence-corrected chi connectivity index (χ3v) is 5.73. The summed E-state index contributed by atoms with van der Waals surface area (Å²) in [7, 11) is -3.32. The van der Waals surface area contributed by atoms with Gasteiger partial charge in [-0.3, -0.25) is 9.30 Å². The average Bonchev–Trinajstić information content (AvgIpc) is 3.00. The molecule has 0 spiro atoms. The molecule has 6 nitrogen and oxygen atoms in total. The van der Waals surface area contributed by atoms with Crippen LogP contribution in [0.15, 0.2) is 29.3 Å². The summed E-state index contributed by atoms with van der Waals surface area (Å²) in [6.45, 7) is 6.50. The van der Waals surface area contributed by atoms with Crippen LogP contribution in [-0.4, -0.2) is 46.3 Å². The van der Waals surface area contributed by atoms with Crippen LogP contribution < -0.4 is 14.9 Å². The Morgan fingerprint density at radius 2 is 2.00 bits per heavy atom. The molecule has 0 aliphatic carbocycles. The fourth-order valence-electron chi connectivity index (χ4n) is 2.70. The topological polar surface area (TPSA) is 73.8 Å². The lowest BCUT2D eigenvalue weighted by atomic mass is 10.2. The second kappa shape index (κ2) is 10.8. The maximum absolute atomic E-state index is 12.6. The van der Waals surface area contributed by atoms with Crippen molar-refractivity contribution in [3.05, 3.63) is 29.8 Å². The highest BCUT2D eigenvalue weighted by atomic mass is 127. The predicted molar refractivity (Wildman–Crippen MR) is 116 cm³/mol. The minimum absolute atomic E-state index is 0. The largest absolute Gasteiger partial charge is 0.357 e. The third-order valence-electron chi connectivity index (χ3n) is 3.96. The fraction of sp³-hybridized carbons (Fsp3) is 0.588. The van der Waals surface area contributed by atoms with E-state index in [1.54, 1.807) is 0 Å². The van der Waals surface area contributed by atoms with E-state index in [0.29, 0.717) is 19.0 Å². The molecule has 0 fully saturated rings. The van der Waals surface area contributed by atoms with Crippen LogP contribution in [0.1, 0.15) is 32.3 Å². The van der Waals surface area contributed by atoms with Gasteiger partial charge < -0.3 is 10.6 Å². The van der Waals surface area contributed by atoms with Crippen molar-refractivity contribution in [1.29, 1.82) is 0 Å². The van der Waals surface area contributed by atoms with E-state index in [1.807, 2.05) is 31.2 Å². The van der Waals surface area contributed by atoms with E-state index < -0.39 is 10.0 Å². The van der Waals surface area contributed by atoms with E-state index >= 15 is 0 Å². The van der Waals surface area contributed by atoms with E-state index in [9.17, 15) is 8.42 Å². The Hall–Kier alpha value is -1.03. The molecular weight excluding hydrogens is 451 g/mol. The van der Waals surface area contributed by atoms with Gasteiger partial charge in [0.15, 0.2) is 5.96 Å². The zero-order valence-electron chi connectivity index (χ0n) is 15.0. The van der Waals surface area contributed by atoms with Crippen molar-refractivity contribution in [3.63, 3.8) is 0 Å². The predicted octanol–water partition coefficient (Wildman–Crippen LogP) is 2.35. The first-order chi connectivity index (χ1) is 11.6. The lowest BCUT2D eigenvalue weighted by molar-refractivity contribution is 0.591. The number of nitrogens with one attached hydrogen (secondary N) is 2. The van der Waals surface area contributed by atoms with E-state index in [-0.39, 0.29) is 29.7 Å². The lowest BCUT2D eigenvalue weighted by Gasteiger charge is -2.20. The number of hydrogen-bond donors (Lipinski definition) is 2. The molecule has 1 aromatic rings. The molecule has 2 N–H and O–H groups in total. The summed E-state index contributed by atoms with van der Waals surface area (Å²) in [5.74, 6) is 0.738. The summed E-state index contributed by atoms with van der Waals surface area (Å²) in [6, 6.07) is 7.71. The normalized spacial score (nSPS) is 14.0. The summed E-state index contributed by atoms with van der Waals surface area (Å²) >= 11 is 0. The molecule has 1 aliphatic heterocycles. The molecule has 0 saturated heterocycles. The van der Waals surface area contributed by atoms with Crippen LogP contribution in [0.2, 0.25) is 0 Å². The minimum Gasteiger partial charge on any atom is -0.357 e. The van der Waals surface area contributed by atoms with Gasteiger partial charge in [-0.05, 0) is 31.4 Å². The van der Waals surface area contributed by atoms with Gasteiger partial charge in [0.05, 0.1) is 11.4 Å². The van der Waals surface area contributed by atoms with Crippen molar-refractivity contribution in [1.82, 2.24) is 10.6 Å². The van der Waals surface area contributed by atoms with Gasteiger partial charge in [-0.2, -0.15) is 0 Å². The van der Waals surface area contributed by atoms with E-state index in [0.717, 1.165) is 43.6 Å². The number of para-hydroxylation sites is 1. The minimum atomic E-state index is -3.32. The van der Waals surface area contributed by atoms with Gasteiger partial charge >= 0.3 is 0 Å². The Labute approximate surface area is 168 Å². The number of anilines is 1. The third kappa shape index (κ3) is 6.32. The van der Waals surface area contributed by atoms with Crippen LogP contribution >= 0.6 is 24.0 Å². The van der Waals surface area contributed by atoms with Crippen molar-refractivity contribution < 1.29 is 8.42 Å². The van der Waals surface area contributed by atoms with Crippen LogP contribution in [0, 0.1) is 0 Å². The first-order valence-electron chi connectivity index (χ1n) is 8.69. The molecule has 25 heavy (non-hydrogen) atoms. The number of guanidine groups is 1. The van der Waals surface area contributed by atoms with Crippen LogP contribution in [-0.2, 0) is 16.4 Å². The smallest absolute Gasteiger partial charge is 0.236 e. The summed E-state index contributed by atoms with van der Waals surface area (Å²) in [5.41, 5.74) is 1.92. The second-order valence-electron chi connectivity index (χ2n) is 5.81. The number of aliphatic imine (C=N–C) groups is 1. The molecule has 8 heteroatoms. The zero-order chi connectivity index (χ0) is 17.4. The molecule has 1 aliphatic rings. The maximum Gasteiger partial charge on any atom is 0.236 e. The zero-order valence-corrected chi connectivity index (χ0v) is 18.1. The van der Waals surface area contributed by atoms with Crippen LogP contribution in [0.5, 0.6) is 0 Å². The van der Waals surface area contributed by atoms with Crippen molar-refractivity contribution in [2.75, 3.05) is 36.2 Å². The SMILES string of the molecule is CCCCN=C(NCC)NCCS(=O)(=O)N1CCc2ccccc21.I. The van der Waals surface area contributed by atoms with Crippen LogP contribution in [0.25, 0.3) is 0 Å². The van der Waals surface area contributed by atoms with Gasteiger partial charge in [0, 0.05) is 26.2 Å². The number of benzene rings is 1. The maximum atomic E-state index is 12.6. The monoisotopic (exact) mass is 480 g/mol. The van der Waals surface area contributed by atoms with Gasteiger partial charge in [-0.1, -0.05) is 31.5 Å². The Morgan fingerprint density at radius 1 is 1.24 bits per heavy atom.